The summed E-state index contributed by atoms with van der Waals surface area (Å²) >= 11 is 0. The molecule has 0 aliphatic carbocycles. The molecule has 4 rings (SSSR count). The summed E-state index contributed by atoms with van der Waals surface area (Å²) in [6.07, 6.45) is 1.99. The Bertz CT molecular complexity index is 1680. The summed E-state index contributed by atoms with van der Waals surface area (Å²) in [6, 6.07) is 16.9. The van der Waals surface area contributed by atoms with E-state index < -0.39 is 41.4 Å². The number of rotatable bonds is 11. The lowest BCUT2D eigenvalue weighted by molar-refractivity contribution is 0.0487. The number of aromatic nitrogens is 3. The molecule has 0 saturated carbocycles. The molecule has 11 heteroatoms. The van der Waals surface area contributed by atoms with E-state index in [4.69, 9.17) is 9.17 Å². The third-order valence-corrected chi connectivity index (χ3v) is 7.18. The van der Waals surface area contributed by atoms with E-state index in [0.29, 0.717) is 16.5 Å². The molecular weight excluding hydrogens is 547 g/mol. The minimum Gasteiger partial charge on any atom is -0.325 e. The molecule has 0 aliphatic rings. The van der Waals surface area contributed by atoms with Gasteiger partial charge in [0.1, 0.15) is 12.0 Å². The molecule has 2 aromatic carbocycles. The predicted octanol–water partition coefficient (Wildman–Crippen LogP) is 4.30. The normalized spacial score (nSPS) is 13.3. The molecule has 2 atom stereocenters. The molecule has 216 valence electrons. The van der Waals surface area contributed by atoms with E-state index in [0.717, 1.165) is 17.4 Å². The zero-order valence-corrected chi connectivity index (χ0v) is 24.2. The van der Waals surface area contributed by atoms with Crippen LogP contribution in [-0.2, 0) is 20.8 Å². The Morgan fingerprint density at radius 2 is 1.76 bits per heavy atom. The monoisotopic (exact) mass is 580 g/mol. The number of carbonyl (C=O) groups is 1. The Hall–Kier alpha value is -3.96. The van der Waals surface area contributed by atoms with Crippen LogP contribution < -0.4 is 5.56 Å². The van der Waals surface area contributed by atoms with Gasteiger partial charge in [0, 0.05) is 11.8 Å². The molecular formula is C30H33FN4O5S. The fourth-order valence-electron chi connectivity index (χ4n) is 4.68. The van der Waals surface area contributed by atoms with Crippen LogP contribution in [-0.4, -0.2) is 59.3 Å². The van der Waals surface area contributed by atoms with Crippen LogP contribution in [0.5, 0.6) is 0 Å². The Labute approximate surface area is 238 Å². The van der Waals surface area contributed by atoms with Crippen LogP contribution in [0, 0.1) is 12.8 Å². The third kappa shape index (κ3) is 7.42. The van der Waals surface area contributed by atoms with E-state index in [1.807, 2.05) is 51.1 Å². The second-order valence-corrected chi connectivity index (χ2v) is 12.0. The van der Waals surface area contributed by atoms with Crippen LogP contribution in [0.3, 0.4) is 0 Å². The Morgan fingerprint density at radius 3 is 2.39 bits per heavy atom. The van der Waals surface area contributed by atoms with Gasteiger partial charge in [0.15, 0.2) is 0 Å². The second kappa shape index (κ2) is 12.7. The first-order valence-corrected chi connectivity index (χ1v) is 15.0. The van der Waals surface area contributed by atoms with Gasteiger partial charge in [0.05, 0.1) is 49.1 Å². The topological polar surface area (TPSA) is 111 Å². The van der Waals surface area contributed by atoms with Gasteiger partial charge in [-0.15, -0.1) is 0 Å². The van der Waals surface area contributed by atoms with Crippen molar-refractivity contribution in [3.05, 3.63) is 106 Å². The highest BCUT2D eigenvalue weighted by Gasteiger charge is 2.35. The SMILES string of the molecule is Cc1ccc(C(=O)N(C[C@H](F)COS(C)(=O)=O)[C@@H](c2nc3cnccc3c(=O)n2Cc2ccccc2)C(C)C)cc1. The average Bonchev–Trinajstić information content (AvgIpc) is 2.93. The lowest BCUT2D eigenvalue weighted by Crippen LogP contribution is -2.45. The standard InChI is InChI=1S/C30H33FN4O5S/c1-20(2)27(34(18-24(31)19-40-41(4,38)39)29(36)23-12-10-21(3)11-13-23)28-33-26-16-32-15-14-25(26)30(37)35(28)17-22-8-6-5-7-9-22/h5-16,20,24,27H,17-19H2,1-4H3/t24-,27+/m0/s1. The smallest absolute Gasteiger partial charge is 0.264 e. The predicted molar refractivity (Wildman–Crippen MR) is 155 cm³/mol. The lowest BCUT2D eigenvalue weighted by atomic mass is 9.98. The molecule has 0 radical (unpaired) electrons. The van der Waals surface area contributed by atoms with Gasteiger partial charge in [0.25, 0.3) is 21.6 Å². The van der Waals surface area contributed by atoms with Crippen LogP contribution >= 0.6 is 0 Å². The van der Waals surface area contributed by atoms with Gasteiger partial charge in [-0.05, 0) is 36.6 Å². The van der Waals surface area contributed by atoms with Gasteiger partial charge >= 0.3 is 0 Å². The summed E-state index contributed by atoms with van der Waals surface area (Å²) in [5.41, 5.74) is 2.13. The highest BCUT2D eigenvalue weighted by Crippen LogP contribution is 2.30. The maximum atomic E-state index is 15.4. The van der Waals surface area contributed by atoms with E-state index in [9.17, 15) is 18.0 Å². The zero-order chi connectivity index (χ0) is 29.7. The first-order valence-electron chi connectivity index (χ1n) is 13.2. The summed E-state index contributed by atoms with van der Waals surface area (Å²) in [6.45, 7) is 4.52. The molecule has 0 N–H and O–H groups in total. The lowest BCUT2D eigenvalue weighted by Gasteiger charge is -2.36. The Balaban J connectivity index is 1.89. The second-order valence-electron chi connectivity index (χ2n) is 10.3. The van der Waals surface area contributed by atoms with Gasteiger partial charge < -0.3 is 4.90 Å². The van der Waals surface area contributed by atoms with Crippen molar-refractivity contribution in [1.29, 1.82) is 0 Å². The van der Waals surface area contributed by atoms with Crippen molar-refractivity contribution < 1.29 is 21.8 Å². The van der Waals surface area contributed by atoms with Crippen LogP contribution in [0.15, 0.2) is 77.9 Å². The molecule has 1 amide bonds. The first kappa shape index (κ1) is 30.0. The molecule has 0 saturated heterocycles. The number of halogens is 1. The maximum absolute atomic E-state index is 15.4. The van der Waals surface area contributed by atoms with Gasteiger partial charge in [-0.25, -0.2) is 9.37 Å². The summed E-state index contributed by atoms with van der Waals surface area (Å²) in [5.74, 6) is -0.543. The average molecular weight is 581 g/mol. The van der Waals surface area contributed by atoms with E-state index in [-0.39, 0.29) is 23.8 Å². The van der Waals surface area contributed by atoms with E-state index in [2.05, 4.69) is 4.98 Å². The van der Waals surface area contributed by atoms with Crippen molar-refractivity contribution in [2.75, 3.05) is 19.4 Å². The molecule has 9 nitrogen and oxygen atoms in total. The van der Waals surface area contributed by atoms with Crippen LogP contribution in [0.2, 0.25) is 0 Å². The molecule has 0 fully saturated rings. The molecule has 0 aliphatic heterocycles. The number of hydrogen-bond acceptors (Lipinski definition) is 7. The Morgan fingerprint density at radius 1 is 1.07 bits per heavy atom. The Kier molecular flexibility index (Phi) is 9.29. The van der Waals surface area contributed by atoms with E-state index in [1.165, 1.54) is 21.9 Å². The molecule has 4 aromatic rings. The molecule has 0 bridgehead atoms. The number of hydrogen-bond donors (Lipinski definition) is 0. The van der Waals surface area contributed by atoms with Gasteiger partial charge in [-0.3, -0.25) is 23.3 Å². The molecule has 0 unspecified atom stereocenters. The van der Waals surface area contributed by atoms with Crippen molar-refractivity contribution in [2.45, 2.75) is 39.5 Å². The number of amides is 1. The number of nitrogens with zero attached hydrogens (tertiary/aromatic N) is 4. The number of alkyl halides is 1. The highest BCUT2D eigenvalue weighted by atomic mass is 32.2. The number of pyridine rings is 1. The minimum atomic E-state index is -3.90. The summed E-state index contributed by atoms with van der Waals surface area (Å²) in [7, 11) is -3.90. The quantitative estimate of drug-likeness (QED) is 0.243. The van der Waals surface area contributed by atoms with Crippen LogP contribution in [0.1, 0.15) is 47.2 Å². The van der Waals surface area contributed by atoms with E-state index in [1.54, 1.807) is 30.3 Å². The molecule has 41 heavy (non-hydrogen) atoms. The number of aryl methyl sites for hydroxylation is 1. The fraction of sp³-hybridized carbons (Fsp3) is 0.333. The summed E-state index contributed by atoms with van der Waals surface area (Å²) in [4.78, 5) is 38.1. The van der Waals surface area contributed by atoms with Crippen molar-refractivity contribution in [2.24, 2.45) is 5.92 Å². The summed E-state index contributed by atoms with van der Waals surface area (Å²) < 4.78 is 44.6. The van der Waals surface area contributed by atoms with Gasteiger partial charge in [-0.2, -0.15) is 8.42 Å². The zero-order valence-electron chi connectivity index (χ0n) is 23.4. The van der Waals surface area contributed by atoms with Crippen LogP contribution in [0.25, 0.3) is 10.9 Å². The molecule has 2 heterocycles. The number of carbonyl (C=O) groups excluding carboxylic acids is 1. The number of fused-ring (bicyclic) bond motifs is 1. The highest BCUT2D eigenvalue weighted by molar-refractivity contribution is 7.85. The maximum Gasteiger partial charge on any atom is 0.264 e. The fourth-order valence-corrected chi connectivity index (χ4v) is 5.07. The van der Waals surface area contributed by atoms with Crippen molar-refractivity contribution in [1.82, 2.24) is 19.4 Å². The van der Waals surface area contributed by atoms with Crippen LogP contribution in [0.4, 0.5) is 4.39 Å². The largest absolute Gasteiger partial charge is 0.325 e. The summed E-state index contributed by atoms with van der Waals surface area (Å²) in [5, 5.41) is 0.364. The number of benzene rings is 2. The van der Waals surface area contributed by atoms with E-state index >= 15 is 4.39 Å². The van der Waals surface area contributed by atoms with Gasteiger partial charge in [0.2, 0.25) is 0 Å². The van der Waals surface area contributed by atoms with Crippen molar-refractivity contribution in [3.8, 4) is 0 Å². The molecule has 2 aromatic heterocycles. The van der Waals surface area contributed by atoms with Gasteiger partial charge in [-0.1, -0.05) is 61.9 Å². The molecule has 0 spiro atoms. The third-order valence-electron chi connectivity index (χ3n) is 6.62. The first-order chi connectivity index (χ1) is 19.4. The van der Waals surface area contributed by atoms with Crippen molar-refractivity contribution in [3.63, 3.8) is 0 Å². The van der Waals surface area contributed by atoms with Crippen molar-refractivity contribution >= 4 is 26.9 Å². The minimum absolute atomic E-state index is 0.173.